The summed E-state index contributed by atoms with van der Waals surface area (Å²) in [5, 5.41) is 0. The molecule has 0 fully saturated rings. The second-order valence-electron chi connectivity index (χ2n) is 5.61. The molecule has 2 heteroatoms. The molecule has 106 valence electrons. The molecular formula is C18H24N2. The highest BCUT2D eigenvalue weighted by molar-refractivity contribution is 5.31. The molecule has 0 radical (unpaired) electrons. The molecule has 0 aliphatic carbocycles. The van der Waals surface area contributed by atoms with E-state index in [-0.39, 0.29) is 6.04 Å². The molecule has 2 aromatic rings. The predicted octanol–water partition coefficient (Wildman–Crippen LogP) is 3.75. The van der Waals surface area contributed by atoms with Crippen LogP contribution in [0.4, 0.5) is 0 Å². The largest absolute Gasteiger partial charge is 0.271 e. The third-order valence-corrected chi connectivity index (χ3v) is 3.81. The average molecular weight is 268 g/mol. The van der Waals surface area contributed by atoms with Gasteiger partial charge in [-0.15, -0.1) is 0 Å². The van der Waals surface area contributed by atoms with E-state index in [2.05, 4.69) is 68.7 Å². The highest BCUT2D eigenvalue weighted by atomic mass is 15.2. The SMILES string of the molecule is Cc1cc(C)cc(C(CCc2ccccc2C)NN)c1. The first-order chi connectivity index (χ1) is 9.60. The van der Waals surface area contributed by atoms with Crippen molar-refractivity contribution < 1.29 is 0 Å². The van der Waals surface area contributed by atoms with E-state index in [1.165, 1.54) is 27.8 Å². The van der Waals surface area contributed by atoms with Crippen LogP contribution in [0.1, 0.15) is 40.3 Å². The smallest absolute Gasteiger partial charge is 0.0463 e. The highest BCUT2D eigenvalue weighted by Gasteiger charge is 2.11. The maximum atomic E-state index is 5.76. The Kier molecular flexibility index (Phi) is 4.94. The molecule has 0 aliphatic heterocycles. The van der Waals surface area contributed by atoms with Crippen LogP contribution in [-0.2, 0) is 6.42 Å². The third kappa shape index (κ3) is 3.69. The fraction of sp³-hybridized carbons (Fsp3) is 0.333. The van der Waals surface area contributed by atoms with E-state index >= 15 is 0 Å². The molecule has 0 saturated carbocycles. The Balaban J connectivity index is 2.11. The molecular weight excluding hydrogens is 244 g/mol. The minimum Gasteiger partial charge on any atom is -0.271 e. The number of hydrogen-bond acceptors (Lipinski definition) is 2. The van der Waals surface area contributed by atoms with Gasteiger partial charge >= 0.3 is 0 Å². The molecule has 0 heterocycles. The average Bonchev–Trinajstić information content (AvgIpc) is 2.40. The van der Waals surface area contributed by atoms with Crippen molar-refractivity contribution in [2.75, 3.05) is 0 Å². The van der Waals surface area contributed by atoms with Gasteiger partial charge in [-0.3, -0.25) is 11.3 Å². The molecule has 0 amide bonds. The number of aryl methyl sites for hydroxylation is 4. The zero-order valence-electron chi connectivity index (χ0n) is 12.6. The van der Waals surface area contributed by atoms with E-state index < -0.39 is 0 Å². The van der Waals surface area contributed by atoms with E-state index in [0.717, 1.165) is 12.8 Å². The van der Waals surface area contributed by atoms with Gasteiger partial charge in [0.15, 0.2) is 0 Å². The molecule has 0 aliphatic rings. The van der Waals surface area contributed by atoms with Crippen molar-refractivity contribution in [3.8, 4) is 0 Å². The highest BCUT2D eigenvalue weighted by Crippen LogP contribution is 2.22. The Morgan fingerprint density at radius 2 is 1.65 bits per heavy atom. The van der Waals surface area contributed by atoms with E-state index in [0.29, 0.717) is 0 Å². The zero-order chi connectivity index (χ0) is 14.5. The topological polar surface area (TPSA) is 38.0 Å². The standard InChI is InChI=1S/C18H24N2/c1-13-10-14(2)12-17(11-13)18(20-19)9-8-16-7-5-4-6-15(16)3/h4-7,10-12,18,20H,8-9,19H2,1-3H3. The number of nitrogens with two attached hydrogens (primary N) is 1. The molecule has 2 nitrogen and oxygen atoms in total. The van der Waals surface area contributed by atoms with Crippen molar-refractivity contribution in [2.24, 2.45) is 5.84 Å². The van der Waals surface area contributed by atoms with E-state index in [1.807, 2.05) is 0 Å². The van der Waals surface area contributed by atoms with Crippen molar-refractivity contribution in [1.29, 1.82) is 0 Å². The lowest BCUT2D eigenvalue weighted by Crippen LogP contribution is -2.28. The monoisotopic (exact) mass is 268 g/mol. The van der Waals surface area contributed by atoms with Crippen molar-refractivity contribution >= 4 is 0 Å². The minimum absolute atomic E-state index is 0.202. The Bertz CT molecular complexity index is 555. The zero-order valence-corrected chi connectivity index (χ0v) is 12.6. The van der Waals surface area contributed by atoms with Crippen molar-refractivity contribution in [1.82, 2.24) is 5.43 Å². The van der Waals surface area contributed by atoms with Crippen LogP contribution in [0.5, 0.6) is 0 Å². The Labute approximate surface area is 122 Å². The summed E-state index contributed by atoms with van der Waals surface area (Å²) in [7, 11) is 0. The van der Waals surface area contributed by atoms with Crippen molar-refractivity contribution in [3.63, 3.8) is 0 Å². The van der Waals surface area contributed by atoms with Crippen LogP contribution in [0.25, 0.3) is 0 Å². The van der Waals surface area contributed by atoms with Gasteiger partial charge in [-0.25, -0.2) is 0 Å². The van der Waals surface area contributed by atoms with Gasteiger partial charge in [-0.05, 0) is 50.3 Å². The summed E-state index contributed by atoms with van der Waals surface area (Å²) in [4.78, 5) is 0. The molecule has 0 saturated heterocycles. The van der Waals surface area contributed by atoms with Crippen molar-refractivity contribution in [3.05, 3.63) is 70.3 Å². The van der Waals surface area contributed by atoms with Gasteiger partial charge in [-0.1, -0.05) is 53.6 Å². The predicted molar refractivity (Wildman–Crippen MR) is 85.5 cm³/mol. The summed E-state index contributed by atoms with van der Waals surface area (Å²) in [6.07, 6.45) is 2.04. The fourth-order valence-electron chi connectivity index (χ4n) is 2.75. The molecule has 0 aromatic heterocycles. The normalized spacial score (nSPS) is 12.4. The van der Waals surface area contributed by atoms with Gasteiger partial charge in [0.1, 0.15) is 0 Å². The van der Waals surface area contributed by atoms with Gasteiger partial charge in [0, 0.05) is 6.04 Å². The fourth-order valence-corrected chi connectivity index (χ4v) is 2.75. The van der Waals surface area contributed by atoms with E-state index in [9.17, 15) is 0 Å². The first-order valence-corrected chi connectivity index (χ1v) is 7.19. The Morgan fingerprint density at radius 1 is 1.00 bits per heavy atom. The van der Waals surface area contributed by atoms with Crippen LogP contribution < -0.4 is 11.3 Å². The molecule has 2 aromatic carbocycles. The van der Waals surface area contributed by atoms with Gasteiger partial charge in [0.25, 0.3) is 0 Å². The second kappa shape index (κ2) is 6.69. The summed E-state index contributed by atoms with van der Waals surface area (Å²) in [5.74, 6) is 5.76. The lowest BCUT2D eigenvalue weighted by atomic mass is 9.95. The number of hydrogen-bond donors (Lipinski definition) is 2. The van der Waals surface area contributed by atoms with Crippen LogP contribution >= 0.6 is 0 Å². The lowest BCUT2D eigenvalue weighted by molar-refractivity contribution is 0.515. The molecule has 20 heavy (non-hydrogen) atoms. The summed E-state index contributed by atoms with van der Waals surface area (Å²) in [6.45, 7) is 6.42. The maximum Gasteiger partial charge on any atom is 0.0463 e. The second-order valence-corrected chi connectivity index (χ2v) is 5.61. The van der Waals surface area contributed by atoms with Gasteiger partial charge in [0.2, 0.25) is 0 Å². The maximum absolute atomic E-state index is 5.76. The Hall–Kier alpha value is -1.64. The van der Waals surface area contributed by atoms with Crippen LogP contribution in [0.15, 0.2) is 42.5 Å². The van der Waals surface area contributed by atoms with Gasteiger partial charge < -0.3 is 0 Å². The van der Waals surface area contributed by atoms with Crippen LogP contribution in [0.2, 0.25) is 0 Å². The van der Waals surface area contributed by atoms with E-state index in [1.54, 1.807) is 0 Å². The summed E-state index contributed by atoms with van der Waals surface area (Å²) in [6, 6.07) is 15.4. The number of rotatable bonds is 5. The number of benzene rings is 2. The minimum atomic E-state index is 0.202. The van der Waals surface area contributed by atoms with Crippen LogP contribution in [-0.4, -0.2) is 0 Å². The van der Waals surface area contributed by atoms with Gasteiger partial charge in [-0.2, -0.15) is 0 Å². The summed E-state index contributed by atoms with van der Waals surface area (Å²) >= 11 is 0. The molecule has 1 unspecified atom stereocenters. The molecule has 0 spiro atoms. The number of hydrazine groups is 1. The quantitative estimate of drug-likeness (QED) is 0.640. The van der Waals surface area contributed by atoms with E-state index in [4.69, 9.17) is 5.84 Å². The first kappa shape index (κ1) is 14.8. The van der Waals surface area contributed by atoms with Crippen LogP contribution in [0.3, 0.4) is 0 Å². The molecule has 0 bridgehead atoms. The van der Waals surface area contributed by atoms with Crippen LogP contribution in [0, 0.1) is 20.8 Å². The van der Waals surface area contributed by atoms with Gasteiger partial charge in [0.05, 0.1) is 0 Å². The summed E-state index contributed by atoms with van der Waals surface area (Å²) in [5.41, 5.74) is 9.57. The summed E-state index contributed by atoms with van der Waals surface area (Å²) < 4.78 is 0. The molecule has 1 atom stereocenters. The molecule has 3 N–H and O–H groups in total. The first-order valence-electron chi connectivity index (χ1n) is 7.19. The lowest BCUT2D eigenvalue weighted by Gasteiger charge is -2.18. The third-order valence-electron chi connectivity index (χ3n) is 3.81. The Morgan fingerprint density at radius 3 is 2.25 bits per heavy atom. The molecule has 2 rings (SSSR count). The number of nitrogens with one attached hydrogen (secondary N) is 1. The van der Waals surface area contributed by atoms with Crippen molar-refractivity contribution in [2.45, 2.75) is 39.7 Å².